The van der Waals surface area contributed by atoms with Gasteiger partial charge in [0.05, 0.1) is 6.20 Å². The molecule has 2 aliphatic rings. The van der Waals surface area contributed by atoms with Gasteiger partial charge >= 0.3 is 0 Å². The fraction of sp³-hybridized carbons (Fsp3) is 0.750. The lowest BCUT2D eigenvalue weighted by molar-refractivity contribution is 0.133. The zero-order valence-electron chi connectivity index (χ0n) is 9.58. The predicted octanol–water partition coefficient (Wildman–Crippen LogP) is 1.59. The zero-order chi connectivity index (χ0) is 10.5. The number of hydrogen-bond acceptors (Lipinski definition) is 2. The van der Waals surface area contributed by atoms with Gasteiger partial charge in [-0.3, -0.25) is 4.68 Å². The zero-order valence-corrected chi connectivity index (χ0v) is 9.58. The normalized spacial score (nSPS) is 28.3. The number of rotatable bonds is 1. The summed E-state index contributed by atoms with van der Waals surface area (Å²) in [6, 6.07) is 0. The van der Waals surface area contributed by atoms with E-state index < -0.39 is 0 Å². The van der Waals surface area contributed by atoms with Crippen LogP contribution in [0.25, 0.3) is 0 Å². The summed E-state index contributed by atoms with van der Waals surface area (Å²) < 4.78 is 2.08. The van der Waals surface area contributed by atoms with E-state index in [0.29, 0.717) is 11.3 Å². The van der Waals surface area contributed by atoms with Gasteiger partial charge in [0.1, 0.15) is 0 Å². The van der Waals surface area contributed by atoms with Crippen LogP contribution in [0.3, 0.4) is 0 Å². The first-order valence-electron chi connectivity index (χ1n) is 5.92. The minimum absolute atomic E-state index is 0.568. The maximum Gasteiger partial charge on any atom is 0.0521 e. The average molecular weight is 205 g/mol. The third-order valence-corrected chi connectivity index (χ3v) is 4.42. The molecule has 0 radical (unpaired) electrons. The third kappa shape index (κ3) is 1.19. The lowest BCUT2D eigenvalue weighted by atomic mass is 9.61. The van der Waals surface area contributed by atoms with Crippen LogP contribution in [0.5, 0.6) is 0 Å². The van der Waals surface area contributed by atoms with Gasteiger partial charge < -0.3 is 5.32 Å². The molecule has 3 nitrogen and oxygen atoms in total. The van der Waals surface area contributed by atoms with Gasteiger partial charge in [-0.05, 0) is 30.7 Å². The third-order valence-electron chi connectivity index (χ3n) is 4.42. The highest BCUT2D eigenvalue weighted by Crippen LogP contribution is 2.53. The van der Waals surface area contributed by atoms with E-state index in [2.05, 4.69) is 29.1 Å². The Balaban J connectivity index is 1.99. The van der Waals surface area contributed by atoms with E-state index in [-0.39, 0.29) is 0 Å². The topological polar surface area (TPSA) is 29.9 Å². The Labute approximate surface area is 90.9 Å². The highest BCUT2D eigenvalue weighted by Gasteiger charge is 2.49. The molecular weight excluding hydrogens is 186 g/mol. The van der Waals surface area contributed by atoms with Gasteiger partial charge in [-0.25, -0.2) is 0 Å². The number of nitrogens with zero attached hydrogens (tertiary/aromatic N) is 2. The summed E-state index contributed by atoms with van der Waals surface area (Å²) >= 11 is 0. The van der Waals surface area contributed by atoms with Crippen molar-refractivity contribution in [1.29, 1.82) is 0 Å². The van der Waals surface area contributed by atoms with E-state index >= 15 is 0 Å². The van der Waals surface area contributed by atoms with E-state index in [1.54, 1.807) is 0 Å². The molecule has 1 spiro atoms. The first kappa shape index (κ1) is 9.40. The van der Waals surface area contributed by atoms with Crippen LogP contribution >= 0.6 is 0 Å². The van der Waals surface area contributed by atoms with Crippen molar-refractivity contribution in [1.82, 2.24) is 15.1 Å². The van der Waals surface area contributed by atoms with Gasteiger partial charge in [-0.2, -0.15) is 5.10 Å². The molecule has 0 unspecified atom stereocenters. The van der Waals surface area contributed by atoms with Crippen LogP contribution in [-0.2, 0) is 7.05 Å². The lowest BCUT2D eigenvalue weighted by Gasteiger charge is -2.43. The SMILES string of the molecule is Cc1cnn(C)c1[C@@H]1CNCC12CCC2. The minimum Gasteiger partial charge on any atom is -0.315 e. The van der Waals surface area contributed by atoms with Crippen molar-refractivity contribution in [3.8, 4) is 0 Å². The fourth-order valence-corrected chi connectivity index (χ4v) is 3.41. The second-order valence-corrected chi connectivity index (χ2v) is 5.24. The van der Waals surface area contributed by atoms with Gasteiger partial charge in [-0.15, -0.1) is 0 Å². The molecule has 1 aliphatic heterocycles. The maximum absolute atomic E-state index is 4.37. The molecule has 1 N–H and O–H groups in total. The monoisotopic (exact) mass is 205 g/mol. The number of hydrogen-bond donors (Lipinski definition) is 1. The summed E-state index contributed by atoms with van der Waals surface area (Å²) in [5.41, 5.74) is 3.38. The van der Waals surface area contributed by atoms with Crippen LogP contribution in [0.15, 0.2) is 6.20 Å². The van der Waals surface area contributed by atoms with Crippen LogP contribution in [0, 0.1) is 12.3 Å². The van der Waals surface area contributed by atoms with Crippen molar-refractivity contribution < 1.29 is 0 Å². The van der Waals surface area contributed by atoms with Crippen molar-refractivity contribution in [2.45, 2.75) is 32.1 Å². The first-order valence-corrected chi connectivity index (χ1v) is 5.92. The van der Waals surface area contributed by atoms with Gasteiger partial charge in [0.2, 0.25) is 0 Å². The largest absolute Gasteiger partial charge is 0.315 e. The Kier molecular flexibility index (Phi) is 1.93. The van der Waals surface area contributed by atoms with Gasteiger partial charge in [0.15, 0.2) is 0 Å². The Morgan fingerprint density at radius 2 is 2.33 bits per heavy atom. The van der Waals surface area contributed by atoms with Gasteiger partial charge in [-0.1, -0.05) is 6.42 Å². The molecule has 1 atom stereocenters. The van der Waals surface area contributed by atoms with Crippen LogP contribution < -0.4 is 5.32 Å². The molecule has 0 amide bonds. The number of aryl methyl sites for hydroxylation is 2. The molecule has 3 heteroatoms. The Hall–Kier alpha value is -0.830. The standard InChI is InChI=1S/C12H19N3/c1-9-6-14-15(2)11(9)10-7-13-8-12(10)4-3-5-12/h6,10,13H,3-5,7-8H2,1-2H3/t10-/m0/s1. The second-order valence-electron chi connectivity index (χ2n) is 5.24. The van der Waals surface area contributed by atoms with Crippen LogP contribution in [0.1, 0.15) is 36.4 Å². The van der Waals surface area contributed by atoms with Crippen LogP contribution in [-0.4, -0.2) is 22.9 Å². The van der Waals surface area contributed by atoms with E-state index in [1.807, 2.05) is 6.20 Å². The van der Waals surface area contributed by atoms with E-state index in [4.69, 9.17) is 0 Å². The highest BCUT2D eigenvalue weighted by molar-refractivity contribution is 5.26. The molecule has 1 aliphatic carbocycles. The van der Waals surface area contributed by atoms with E-state index in [1.165, 1.54) is 37.1 Å². The first-order chi connectivity index (χ1) is 7.23. The summed E-state index contributed by atoms with van der Waals surface area (Å²) in [6.45, 7) is 4.54. The van der Waals surface area contributed by atoms with Gasteiger partial charge in [0, 0.05) is 31.7 Å². The molecule has 15 heavy (non-hydrogen) atoms. The lowest BCUT2D eigenvalue weighted by Crippen LogP contribution is -2.37. The quantitative estimate of drug-likeness (QED) is 0.754. The van der Waals surface area contributed by atoms with Crippen molar-refractivity contribution >= 4 is 0 Å². The summed E-state index contributed by atoms with van der Waals surface area (Å²) in [5.74, 6) is 0.693. The second kappa shape index (κ2) is 3.08. The fourth-order valence-electron chi connectivity index (χ4n) is 3.41. The summed E-state index contributed by atoms with van der Waals surface area (Å²) in [6.07, 6.45) is 6.21. The van der Waals surface area contributed by atoms with Crippen LogP contribution in [0.4, 0.5) is 0 Å². The van der Waals surface area contributed by atoms with Crippen LogP contribution in [0.2, 0.25) is 0 Å². The molecule has 1 aromatic rings. The molecule has 0 bridgehead atoms. The molecular formula is C12H19N3. The van der Waals surface area contributed by atoms with Crippen molar-refractivity contribution in [3.63, 3.8) is 0 Å². The van der Waals surface area contributed by atoms with E-state index in [0.717, 1.165) is 6.54 Å². The molecule has 1 saturated heterocycles. The molecule has 3 rings (SSSR count). The van der Waals surface area contributed by atoms with Gasteiger partial charge in [0.25, 0.3) is 0 Å². The average Bonchev–Trinajstić information content (AvgIpc) is 2.69. The predicted molar refractivity (Wildman–Crippen MR) is 59.8 cm³/mol. The maximum atomic E-state index is 4.37. The molecule has 1 aromatic heterocycles. The molecule has 82 valence electrons. The van der Waals surface area contributed by atoms with E-state index in [9.17, 15) is 0 Å². The summed E-state index contributed by atoms with van der Waals surface area (Å²) in [5, 5.41) is 7.94. The highest BCUT2D eigenvalue weighted by atomic mass is 15.3. The Morgan fingerprint density at radius 1 is 1.53 bits per heavy atom. The number of aromatic nitrogens is 2. The summed E-state index contributed by atoms with van der Waals surface area (Å²) in [7, 11) is 2.08. The minimum atomic E-state index is 0.568. The van der Waals surface area contributed by atoms with Crippen molar-refractivity contribution in [2.24, 2.45) is 12.5 Å². The molecule has 0 aromatic carbocycles. The number of nitrogens with one attached hydrogen (secondary N) is 1. The molecule has 1 saturated carbocycles. The summed E-state index contributed by atoms with van der Waals surface area (Å²) in [4.78, 5) is 0. The smallest absolute Gasteiger partial charge is 0.0521 e. The molecule has 2 heterocycles. The molecule has 2 fully saturated rings. The van der Waals surface area contributed by atoms with Crippen molar-refractivity contribution in [3.05, 3.63) is 17.5 Å². The Morgan fingerprint density at radius 3 is 2.87 bits per heavy atom. The van der Waals surface area contributed by atoms with Crippen molar-refractivity contribution in [2.75, 3.05) is 13.1 Å². The Bertz CT molecular complexity index is 357.